The number of hydrogen-bond donors (Lipinski definition) is 2. The molecule has 2 aromatic heterocycles. The van der Waals surface area contributed by atoms with Crippen LogP contribution in [0, 0.1) is 0 Å². The van der Waals surface area contributed by atoms with Crippen molar-refractivity contribution >= 4 is 5.82 Å². The predicted molar refractivity (Wildman–Crippen MR) is 59.4 cm³/mol. The largest absolute Gasteiger partial charge is 0.384 e. The first-order valence-electron chi connectivity index (χ1n) is 5.16. The van der Waals surface area contributed by atoms with Gasteiger partial charge in [-0.1, -0.05) is 0 Å². The smallest absolute Gasteiger partial charge is 0.139 e. The minimum Gasteiger partial charge on any atom is -0.384 e. The number of nitrogen functional groups attached to an aromatic ring is 1. The zero-order chi connectivity index (χ0) is 11.1. The van der Waals surface area contributed by atoms with Crippen molar-refractivity contribution in [3.05, 3.63) is 29.7 Å². The minimum atomic E-state index is 0.0711. The molecule has 1 unspecified atom stereocenters. The zero-order valence-electron chi connectivity index (χ0n) is 8.90. The fourth-order valence-electron chi connectivity index (χ4n) is 1.84. The number of hydrogen-bond acceptors (Lipinski definition) is 4. The molecule has 0 saturated heterocycles. The maximum atomic E-state index is 5.54. The molecule has 0 spiro atoms. The van der Waals surface area contributed by atoms with Gasteiger partial charge in [0.25, 0.3) is 0 Å². The number of ether oxygens (including phenoxy) is 1. The van der Waals surface area contributed by atoms with E-state index in [-0.39, 0.29) is 6.10 Å². The Bertz CT molecular complexity index is 517. The normalized spacial score (nSPS) is 18.7. The van der Waals surface area contributed by atoms with E-state index in [0.717, 1.165) is 22.8 Å². The van der Waals surface area contributed by atoms with E-state index >= 15 is 0 Å². The molecule has 3 heterocycles. The van der Waals surface area contributed by atoms with Crippen LogP contribution in [0.3, 0.4) is 0 Å². The summed E-state index contributed by atoms with van der Waals surface area (Å²) in [5, 5.41) is 0. The number of aromatic amines is 1. The van der Waals surface area contributed by atoms with Crippen molar-refractivity contribution < 1.29 is 4.74 Å². The second-order valence-corrected chi connectivity index (χ2v) is 3.87. The first-order chi connectivity index (χ1) is 7.74. The third kappa shape index (κ3) is 1.37. The number of nitrogens with zero attached hydrogens (tertiary/aromatic N) is 2. The molecule has 16 heavy (non-hydrogen) atoms. The number of aromatic nitrogens is 3. The van der Waals surface area contributed by atoms with Gasteiger partial charge in [0, 0.05) is 11.8 Å². The summed E-state index contributed by atoms with van der Waals surface area (Å²) in [4.78, 5) is 11.8. The van der Waals surface area contributed by atoms with Crippen molar-refractivity contribution in [2.45, 2.75) is 19.6 Å². The van der Waals surface area contributed by atoms with E-state index in [9.17, 15) is 0 Å². The van der Waals surface area contributed by atoms with Crippen molar-refractivity contribution in [3.63, 3.8) is 0 Å². The van der Waals surface area contributed by atoms with Crippen LogP contribution in [0.25, 0.3) is 11.4 Å². The molecule has 3 rings (SSSR count). The number of H-pyrrole nitrogens is 1. The van der Waals surface area contributed by atoms with Crippen molar-refractivity contribution in [1.82, 2.24) is 15.0 Å². The average Bonchev–Trinajstić information content (AvgIpc) is 2.83. The highest BCUT2D eigenvalue weighted by Crippen LogP contribution is 2.30. The van der Waals surface area contributed by atoms with Crippen LogP contribution in [0.5, 0.6) is 0 Å². The summed E-state index contributed by atoms with van der Waals surface area (Å²) in [5.74, 6) is 1.34. The monoisotopic (exact) mass is 216 g/mol. The number of pyridine rings is 1. The molecule has 1 aliphatic rings. The Balaban J connectivity index is 2.02. The van der Waals surface area contributed by atoms with E-state index in [2.05, 4.69) is 15.0 Å². The minimum absolute atomic E-state index is 0.0711. The second kappa shape index (κ2) is 3.31. The molecule has 1 aliphatic heterocycles. The lowest BCUT2D eigenvalue weighted by Crippen LogP contribution is -1.92. The van der Waals surface area contributed by atoms with Gasteiger partial charge in [-0.3, -0.25) is 0 Å². The number of nitrogens with two attached hydrogens (primary N) is 1. The molecule has 5 nitrogen and oxygen atoms in total. The number of fused-ring (bicyclic) bond motifs is 1. The molecule has 0 aromatic carbocycles. The molecule has 2 aromatic rings. The molecular formula is C11H12N4O. The van der Waals surface area contributed by atoms with E-state index in [1.807, 2.05) is 13.0 Å². The van der Waals surface area contributed by atoms with Gasteiger partial charge in [0.1, 0.15) is 11.6 Å². The van der Waals surface area contributed by atoms with Crippen molar-refractivity contribution in [1.29, 1.82) is 0 Å². The SMILES string of the molecule is CC1OCc2[nH]c(-c3ccc(N)nc3)nc21. The van der Waals surface area contributed by atoms with Crippen LogP contribution >= 0.6 is 0 Å². The quantitative estimate of drug-likeness (QED) is 0.759. The molecule has 3 N–H and O–H groups in total. The molecule has 0 amide bonds. The average molecular weight is 216 g/mol. The maximum absolute atomic E-state index is 5.54. The molecule has 0 radical (unpaired) electrons. The molecule has 0 aliphatic carbocycles. The van der Waals surface area contributed by atoms with Crippen LogP contribution in [-0.4, -0.2) is 15.0 Å². The summed E-state index contributed by atoms with van der Waals surface area (Å²) >= 11 is 0. The highest BCUT2D eigenvalue weighted by molar-refractivity contribution is 5.56. The number of nitrogens with one attached hydrogen (secondary N) is 1. The van der Waals surface area contributed by atoms with Gasteiger partial charge in [0.2, 0.25) is 0 Å². The van der Waals surface area contributed by atoms with Gasteiger partial charge in [0.15, 0.2) is 0 Å². The fraction of sp³-hybridized carbons (Fsp3) is 0.273. The summed E-state index contributed by atoms with van der Waals surface area (Å²) in [6.45, 7) is 2.60. The van der Waals surface area contributed by atoms with Crippen LogP contribution in [0.1, 0.15) is 24.4 Å². The van der Waals surface area contributed by atoms with E-state index in [0.29, 0.717) is 12.4 Å². The third-order valence-corrected chi connectivity index (χ3v) is 2.73. The van der Waals surface area contributed by atoms with Crippen LogP contribution in [0.2, 0.25) is 0 Å². The Kier molecular flexibility index (Phi) is 1.94. The topological polar surface area (TPSA) is 76.8 Å². The number of anilines is 1. The maximum Gasteiger partial charge on any atom is 0.139 e. The Hall–Kier alpha value is -1.88. The summed E-state index contributed by atoms with van der Waals surface area (Å²) < 4.78 is 5.44. The van der Waals surface area contributed by atoms with Crippen LogP contribution in [-0.2, 0) is 11.3 Å². The van der Waals surface area contributed by atoms with Crippen molar-refractivity contribution in [2.24, 2.45) is 0 Å². The lowest BCUT2D eigenvalue weighted by molar-refractivity contribution is 0.0762. The summed E-state index contributed by atoms with van der Waals surface area (Å²) in [5.41, 5.74) is 8.53. The second-order valence-electron chi connectivity index (χ2n) is 3.87. The summed E-state index contributed by atoms with van der Waals surface area (Å²) in [7, 11) is 0. The lowest BCUT2D eigenvalue weighted by atomic mass is 10.2. The molecule has 5 heteroatoms. The van der Waals surface area contributed by atoms with E-state index in [1.165, 1.54) is 0 Å². The van der Waals surface area contributed by atoms with Crippen LogP contribution < -0.4 is 5.73 Å². The third-order valence-electron chi connectivity index (χ3n) is 2.73. The predicted octanol–water partition coefficient (Wildman–Crippen LogP) is 1.65. The van der Waals surface area contributed by atoms with E-state index < -0.39 is 0 Å². The first kappa shape index (κ1) is 9.35. The zero-order valence-corrected chi connectivity index (χ0v) is 8.90. The molecule has 0 bridgehead atoms. The summed E-state index contributed by atoms with van der Waals surface area (Å²) in [6, 6.07) is 3.67. The van der Waals surface area contributed by atoms with Gasteiger partial charge in [-0.15, -0.1) is 0 Å². The van der Waals surface area contributed by atoms with Gasteiger partial charge in [-0.2, -0.15) is 0 Å². The van der Waals surface area contributed by atoms with Gasteiger partial charge in [0.05, 0.1) is 24.1 Å². The molecule has 0 fully saturated rings. The molecular weight excluding hydrogens is 204 g/mol. The highest BCUT2D eigenvalue weighted by atomic mass is 16.5. The number of rotatable bonds is 1. The first-order valence-corrected chi connectivity index (χ1v) is 5.16. The Morgan fingerprint density at radius 3 is 3.06 bits per heavy atom. The molecule has 1 atom stereocenters. The van der Waals surface area contributed by atoms with Crippen LogP contribution in [0.15, 0.2) is 18.3 Å². The van der Waals surface area contributed by atoms with E-state index in [4.69, 9.17) is 10.5 Å². The van der Waals surface area contributed by atoms with Gasteiger partial charge in [-0.25, -0.2) is 9.97 Å². The van der Waals surface area contributed by atoms with Crippen molar-refractivity contribution in [3.8, 4) is 11.4 Å². The Labute approximate surface area is 92.7 Å². The highest BCUT2D eigenvalue weighted by Gasteiger charge is 2.24. The number of imidazole rings is 1. The Morgan fingerprint density at radius 1 is 1.50 bits per heavy atom. The molecule has 0 saturated carbocycles. The fourth-order valence-corrected chi connectivity index (χ4v) is 1.84. The van der Waals surface area contributed by atoms with Crippen molar-refractivity contribution in [2.75, 3.05) is 5.73 Å². The Morgan fingerprint density at radius 2 is 2.38 bits per heavy atom. The lowest BCUT2D eigenvalue weighted by Gasteiger charge is -2.01. The van der Waals surface area contributed by atoms with Gasteiger partial charge in [-0.05, 0) is 19.1 Å². The van der Waals surface area contributed by atoms with Gasteiger partial charge >= 0.3 is 0 Å². The molecule has 82 valence electrons. The van der Waals surface area contributed by atoms with E-state index in [1.54, 1.807) is 12.3 Å². The van der Waals surface area contributed by atoms with Gasteiger partial charge < -0.3 is 15.5 Å². The standard InChI is InChI=1S/C11H12N4O/c1-6-10-8(5-16-6)14-11(15-10)7-2-3-9(12)13-4-7/h2-4,6H,5H2,1H3,(H2,12,13)(H,14,15). The summed E-state index contributed by atoms with van der Waals surface area (Å²) in [6.07, 6.45) is 1.79. The van der Waals surface area contributed by atoms with Crippen LogP contribution in [0.4, 0.5) is 5.82 Å².